The molecule has 0 spiro atoms. The predicted molar refractivity (Wildman–Crippen MR) is 128 cm³/mol. The Balaban J connectivity index is 1.78. The van der Waals surface area contributed by atoms with Crippen molar-refractivity contribution in [1.82, 2.24) is 14.7 Å². The van der Waals surface area contributed by atoms with Crippen molar-refractivity contribution >= 4 is 16.5 Å². The van der Waals surface area contributed by atoms with E-state index in [4.69, 9.17) is 15.6 Å². The van der Waals surface area contributed by atoms with Crippen molar-refractivity contribution in [1.29, 1.82) is 0 Å². The average molecular weight is 469 g/mol. The number of aromatic nitrogens is 2. The fourth-order valence-electron chi connectivity index (χ4n) is 4.68. The largest absolute Gasteiger partial charge is 0.378 e. The standard InChI is InChI=1S/C24H28N4O4S/c25-12-6-11-20-21-22(24(29)27-13-15-32-16-14-27)26-28(17-7-2-1-3-8-17)23(21)18-9-4-5-10-19(18)33(20,30)31/h1-5,7-10,20,30-31H,6,11-16,25H2. The lowest BCUT2D eigenvalue weighted by atomic mass is 9.98. The first-order valence-electron chi connectivity index (χ1n) is 11.2. The SMILES string of the molecule is NCCCC1c2c(C(=O)N3CCOCC3)nn(-c3ccccc3)c2-c2ccccc2S1(O)O. The number of rotatable bonds is 5. The van der Waals surface area contributed by atoms with Gasteiger partial charge < -0.3 is 15.4 Å². The summed E-state index contributed by atoms with van der Waals surface area (Å²) in [5.41, 5.74) is 8.90. The van der Waals surface area contributed by atoms with Gasteiger partial charge in [0.25, 0.3) is 5.91 Å². The third-order valence-electron chi connectivity index (χ3n) is 6.28. The molecule has 0 saturated carbocycles. The highest BCUT2D eigenvalue weighted by atomic mass is 32.3. The average Bonchev–Trinajstić information content (AvgIpc) is 3.25. The van der Waals surface area contributed by atoms with E-state index >= 15 is 0 Å². The zero-order valence-electron chi connectivity index (χ0n) is 18.3. The minimum Gasteiger partial charge on any atom is -0.378 e. The summed E-state index contributed by atoms with van der Waals surface area (Å²) in [4.78, 5) is 15.9. The Hall–Kier alpha value is -2.69. The number of nitrogens with two attached hydrogens (primary N) is 1. The first-order valence-corrected chi connectivity index (χ1v) is 12.8. The van der Waals surface area contributed by atoms with Crippen LogP contribution in [0.2, 0.25) is 0 Å². The Bertz CT molecular complexity index is 1160. The van der Waals surface area contributed by atoms with Crippen LogP contribution in [-0.2, 0) is 4.74 Å². The Morgan fingerprint density at radius 1 is 1.09 bits per heavy atom. The molecule has 1 aromatic heterocycles. The van der Waals surface area contributed by atoms with Gasteiger partial charge in [-0.15, -0.1) is 0 Å². The number of ether oxygens (including phenoxy) is 1. The molecule has 1 atom stereocenters. The summed E-state index contributed by atoms with van der Waals surface area (Å²) >= 11 is 0. The van der Waals surface area contributed by atoms with Crippen molar-refractivity contribution in [3.63, 3.8) is 0 Å². The van der Waals surface area contributed by atoms with E-state index in [0.29, 0.717) is 61.7 Å². The zero-order chi connectivity index (χ0) is 23.0. The fraction of sp³-hybridized carbons (Fsp3) is 0.333. The summed E-state index contributed by atoms with van der Waals surface area (Å²) in [5.74, 6) is -0.212. The van der Waals surface area contributed by atoms with Crippen molar-refractivity contribution in [2.45, 2.75) is 23.0 Å². The molecule has 5 rings (SSSR count). The number of benzene rings is 2. The number of amides is 1. The molecule has 33 heavy (non-hydrogen) atoms. The van der Waals surface area contributed by atoms with Crippen LogP contribution in [0.3, 0.4) is 0 Å². The maximum Gasteiger partial charge on any atom is 0.274 e. The highest BCUT2D eigenvalue weighted by Crippen LogP contribution is 2.68. The van der Waals surface area contributed by atoms with E-state index in [2.05, 4.69) is 0 Å². The fourth-order valence-corrected chi connectivity index (χ4v) is 6.80. The van der Waals surface area contributed by atoms with Crippen LogP contribution >= 0.6 is 10.6 Å². The summed E-state index contributed by atoms with van der Waals surface area (Å²) in [6.07, 6.45) is 1.05. The molecule has 4 N–H and O–H groups in total. The van der Waals surface area contributed by atoms with Crippen molar-refractivity contribution in [2.75, 3.05) is 32.8 Å². The van der Waals surface area contributed by atoms with Gasteiger partial charge in [-0.1, -0.05) is 36.4 Å². The lowest BCUT2D eigenvalue weighted by molar-refractivity contribution is 0.0298. The van der Waals surface area contributed by atoms with Gasteiger partial charge in [0.15, 0.2) is 5.69 Å². The van der Waals surface area contributed by atoms with Crippen molar-refractivity contribution < 1.29 is 18.6 Å². The van der Waals surface area contributed by atoms with Crippen LogP contribution in [0.15, 0.2) is 59.5 Å². The van der Waals surface area contributed by atoms with Gasteiger partial charge in [-0.25, -0.2) is 4.68 Å². The van der Waals surface area contributed by atoms with Crippen LogP contribution in [0.1, 0.15) is 34.1 Å². The van der Waals surface area contributed by atoms with Gasteiger partial charge in [0.1, 0.15) is 0 Å². The highest BCUT2D eigenvalue weighted by Gasteiger charge is 2.44. The second-order valence-corrected chi connectivity index (χ2v) is 10.5. The van der Waals surface area contributed by atoms with Gasteiger partial charge >= 0.3 is 0 Å². The molecule has 3 heterocycles. The van der Waals surface area contributed by atoms with Crippen molar-refractivity contribution in [3.05, 3.63) is 65.9 Å². The summed E-state index contributed by atoms with van der Waals surface area (Å²) in [6.45, 7) is 2.32. The Labute approximate surface area is 194 Å². The number of nitrogens with zero attached hydrogens (tertiary/aromatic N) is 3. The first kappa shape index (κ1) is 22.1. The maximum atomic E-state index is 13.7. The van der Waals surface area contributed by atoms with E-state index in [1.807, 2.05) is 42.5 Å². The Morgan fingerprint density at radius 2 is 1.79 bits per heavy atom. The molecule has 1 fully saturated rings. The summed E-state index contributed by atoms with van der Waals surface area (Å²) in [7, 11) is -3.23. The van der Waals surface area contributed by atoms with E-state index in [0.717, 1.165) is 11.4 Å². The van der Waals surface area contributed by atoms with Crippen LogP contribution in [0.25, 0.3) is 16.9 Å². The van der Waals surface area contributed by atoms with Crippen LogP contribution in [0.4, 0.5) is 0 Å². The van der Waals surface area contributed by atoms with Gasteiger partial charge in [0, 0.05) is 24.2 Å². The number of morpholine rings is 1. The normalized spacial score (nSPS) is 20.1. The van der Waals surface area contributed by atoms with Gasteiger partial charge in [0.2, 0.25) is 0 Å². The molecule has 3 aromatic rings. The van der Waals surface area contributed by atoms with Crippen LogP contribution in [-0.4, -0.2) is 62.5 Å². The quantitative estimate of drug-likeness (QED) is 0.523. The highest BCUT2D eigenvalue weighted by molar-refractivity contribution is 8.24. The third kappa shape index (κ3) is 3.75. The lowest BCUT2D eigenvalue weighted by Gasteiger charge is -2.45. The Kier molecular flexibility index (Phi) is 5.98. The van der Waals surface area contributed by atoms with E-state index in [9.17, 15) is 13.9 Å². The van der Waals surface area contributed by atoms with E-state index in [1.165, 1.54) is 0 Å². The van der Waals surface area contributed by atoms with Crippen LogP contribution in [0, 0.1) is 0 Å². The van der Waals surface area contributed by atoms with Crippen LogP contribution < -0.4 is 5.73 Å². The Morgan fingerprint density at radius 3 is 2.52 bits per heavy atom. The maximum absolute atomic E-state index is 13.7. The minimum atomic E-state index is -3.23. The molecule has 8 nitrogen and oxygen atoms in total. The van der Waals surface area contributed by atoms with E-state index in [1.54, 1.807) is 21.7 Å². The molecule has 0 radical (unpaired) electrons. The zero-order valence-corrected chi connectivity index (χ0v) is 19.1. The molecule has 9 heteroatoms. The van der Waals surface area contributed by atoms with Crippen LogP contribution in [0.5, 0.6) is 0 Å². The smallest absolute Gasteiger partial charge is 0.274 e. The molecule has 1 saturated heterocycles. The van der Waals surface area contributed by atoms with Crippen molar-refractivity contribution in [3.8, 4) is 16.9 Å². The molecule has 2 aliphatic heterocycles. The number of hydrogen-bond donors (Lipinski definition) is 3. The van der Waals surface area contributed by atoms with Gasteiger partial charge in [0.05, 0.1) is 34.7 Å². The number of para-hydroxylation sites is 1. The number of hydrogen-bond acceptors (Lipinski definition) is 6. The molecule has 0 bridgehead atoms. The van der Waals surface area contributed by atoms with Gasteiger partial charge in [-0.2, -0.15) is 15.7 Å². The van der Waals surface area contributed by atoms with E-state index < -0.39 is 15.8 Å². The van der Waals surface area contributed by atoms with Gasteiger partial charge in [-0.3, -0.25) is 13.9 Å². The molecular weight excluding hydrogens is 440 g/mol. The molecule has 174 valence electrons. The van der Waals surface area contributed by atoms with Crippen molar-refractivity contribution in [2.24, 2.45) is 5.73 Å². The first-order chi connectivity index (χ1) is 16.0. The molecule has 0 aliphatic carbocycles. The molecule has 2 aliphatic rings. The monoisotopic (exact) mass is 468 g/mol. The number of carbonyl (C=O) groups is 1. The third-order valence-corrected chi connectivity index (χ3v) is 8.55. The number of fused-ring (bicyclic) bond motifs is 3. The molecule has 1 unspecified atom stereocenters. The number of carbonyl (C=O) groups excluding carboxylic acids is 1. The molecule has 2 aromatic carbocycles. The topological polar surface area (TPSA) is 114 Å². The molecular formula is C24H28N4O4S. The second kappa shape index (κ2) is 8.92. The molecule has 1 amide bonds. The van der Waals surface area contributed by atoms with E-state index in [-0.39, 0.29) is 11.6 Å². The predicted octanol–water partition coefficient (Wildman–Crippen LogP) is 3.91. The summed E-state index contributed by atoms with van der Waals surface area (Å²) in [5, 5.41) is 4.14. The lowest BCUT2D eigenvalue weighted by Crippen LogP contribution is -2.41. The summed E-state index contributed by atoms with van der Waals surface area (Å²) < 4.78 is 30.1. The second-order valence-electron chi connectivity index (χ2n) is 8.27. The minimum absolute atomic E-state index is 0.212. The van der Waals surface area contributed by atoms with Gasteiger partial charge in [-0.05, 0) is 37.6 Å². The summed E-state index contributed by atoms with van der Waals surface area (Å²) in [6, 6.07) is 16.9.